The second-order valence-corrected chi connectivity index (χ2v) is 6.96. The van der Waals surface area contributed by atoms with Crippen LogP contribution in [0.3, 0.4) is 0 Å². The highest BCUT2D eigenvalue weighted by atomic mass is 32.1. The van der Waals surface area contributed by atoms with E-state index in [1.54, 1.807) is 37.8 Å². The summed E-state index contributed by atoms with van der Waals surface area (Å²) >= 11 is 1.34. The van der Waals surface area contributed by atoms with Crippen molar-refractivity contribution in [1.82, 2.24) is 10.2 Å². The highest BCUT2D eigenvalue weighted by molar-refractivity contribution is 7.12. The SMILES string of the molecule is CC(NC(=O)c1cccs1)C(=O)N1CCCC1C(C)(C)O. The van der Waals surface area contributed by atoms with Crippen molar-refractivity contribution in [3.05, 3.63) is 22.4 Å². The second kappa shape index (κ2) is 6.15. The second-order valence-electron chi connectivity index (χ2n) is 6.02. The highest BCUT2D eigenvalue weighted by Crippen LogP contribution is 2.27. The van der Waals surface area contributed by atoms with E-state index in [1.165, 1.54) is 11.3 Å². The molecule has 1 aliphatic rings. The van der Waals surface area contributed by atoms with Gasteiger partial charge in [0.2, 0.25) is 5.91 Å². The molecule has 0 spiro atoms. The molecule has 2 amide bonds. The van der Waals surface area contributed by atoms with Crippen molar-refractivity contribution in [2.75, 3.05) is 6.54 Å². The van der Waals surface area contributed by atoms with E-state index in [0.29, 0.717) is 11.4 Å². The first-order valence-corrected chi connectivity index (χ1v) is 8.06. The Hall–Kier alpha value is -1.40. The summed E-state index contributed by atoms with van der Waals surface area (Å²) in [5.41, 5.74) is -0.927. The summed E-state index contributed by atoms with van der Waals surface area (Å²) in [6.45, 7) is 5.76. The lowest BCUT2D eigenvalue weighted by atomic mass is 9.96. The average Bonchev–Trinajstić information content (AvgIpc) is 3.07. The first-order valence-electron chi connectivity index (χ1n) is 7.18. The maximum absolute atomic E-state index is 12.5. The summed E-state index contributed by atoms with van der Waals surface area (Å²) in [5, 5.41) is 14.7. The van der Waals surface area contributed by atoms with Crippen molar-refractivity contribution >= 4 is 23.2 Å². The molecule has 0 saturated carbocycles. The summed E-state index contributed by atoms with van der Waals surface area (Å²) in [7, 11) is 0. The molecule has 1 aromatic rings. The zero-order valence-electron chi connectivity index (χ0n) is 12.6. The molecule has 2 rings (SSSR count). The summed E-state index contributed by atoms with van der Waals surface area (Å²) in [4.78, 5) is 26.8. The zero-order chi connectivity index (χ0) is 15.6. The predicted molar refractivity (Wildman–Crippen MR) is 82.3 cm³/mol. The van der Waals surface area contributed by atoms with Crippen LogP contribution in [0.4, 0.5) is 0 Å². The smallest absolute Gasteiger partial charge is 0.261 e. The number of nitrogens with one attached hydrogen (secondary N) is 1. The van der Waals surface area contributed by atoms with E-state index in [0.717, 1.165) is 12.8 Å². The molecule has 0 radical (unpaired) electrons. The first kappa shape index (κ1) is 16.0. The molecule has 1 fully saturated rings. The van der Waals surface area contributed by atoms with E-state index in [9.17, 15) is 14.7 Å². The predicted octanol–water partition coefficient (Wildman–Crippen LogP) is 1.63. The number of rotatable bonds is 4. The molecule has 0 aliphatic carbocycles. The minimum absolute atomic E-state index is 0.135. The molecule has 116 valence electrons. The van der Waals surface area contributed by atoms with Gasteiger partial charge in [0.1, 0.15) is 6.04 Å². The van der Waals surface area contributed by atoms with Crippen molar-refractivity contribution < 1.29 is 14.7 Å². The molecule has 6 heteroatoms. The summed E-state index contributed by atoms with van der Waals surface area (Å²) in [6, 6.07) is 2.75. The van der Waals surface area contributed by atoms with Gasteiger partial charge in [-0.05, 0) is 45.1 Å². The third-order valence-electron chi connectivity index (χ3n) is 3.81. The third-order valence-corrected chi connectivity index (χ3v) is 4.68. The van der Waals surface area contributed by atoms with E-state index >= 15 is 0 Å². The highest BCUT2D eigenvalue weighted by Gasteiger charge is 2.39. The number of nitrogens with zero attached hydrogens (tertiary/aromatic N) is 1. The molecule has 1 saturated heterocycles. The van der Waals surface area contributed by atoms with Crippen LogP contribution in [0.5, 0.6) is 0 Å². The number of hydrogen-bond acceptors (Lipinski definition) is 4. The number of hydrogen-bond donors (Lipinski definition) is 2. The largest absolute Gasteiger partial charge is 0.388 e. The van der Waals surface area contributed by atoms with E-state index in [4.69, 9.17) is 0 Å². The van der Waals surface area contributed by atoms with Gasteiger partial charge in [-0.1, -0.05) is 6.07 Å². The van der Waals surface area contributed by atoms with Gasteiger partial charge < -0.3 is 15.3 Å². The van der Waals surface area contributed by atoms with Gasteiger partial charge in [0, 0.05) is 6.54 Å². The van der Waals surface area contributed by atoms with Gasteiger partial charge in [0.05, 0.1) is 16.5 Å². The normalized spacial score (nSPS) is 20.4. The fourth-order valence-corrected chi connectivity index (χ4v) is 3.38. The lowest BCUT2D eigenvalue weighted by Gasteiger charge is -2.35. The quantitative estimate of drug-likeness (QED) is 0.888. The fourth-order valence-electron chi connectivity index (χ4n) is 2.75. The number of thiophene rings is 1. The van der Waals surface area contributed by atoms with Crippen molar-refractivity contribution in [2.24, 2.45) is 0 Å². The Morgan fingerprint density at radius 1 is 1.52 bits per heavy atom. The molecular formula is C15H22N2O3S. The standard InChI is InChI=1S/C15H22N2O3S/c1-10(16-13(18)11-6-5-9-21-11)14(19)17-8-4-7-12(17)15(2,3)20/h5-6,9-10,12,20H,4,7-8H2,1-3H3,(H,16,18). The van der Waals surface area contributed by atoms with Crippen LogP contribution < -0.4 is 5.32 Å². The lowest BCUT2D eigenvalue weighted by Crippen LogP contribution is -2.53. The Balaban J connectivity index is 2.00. The van der Waals surface area contributed by atoms with Gasteiger partial charge in [-0.25, -0.2) is 0 Å². The fraction of sp³-hybridized carbons (Fsp3) is 0.600. The molecule has 0 bridgehead atoms. The van der Waals surface area contributed by atoms with Crippen molar-refractivity contribution in [1.29, 1.82) is 0 Å². The Morgan fingerprint density at radius 3 is 2.81 bits per heavy atom. The summed E-state index contributed by atoms with van der Waals surface area (Å²) in [6.07, 6.45) is 1.67. The van der Waals surface area contributed by atoms with Crippen LogP contribution in [0, 0.1) is 0 Å². The Bertz CT molecular complexity index is 507. The lowest BCUT2D eigenvalue weighted by molar-refractivity contribution is -0.138. The van der Waals surface area contributed by atoms with Crippen molar-refractivity contribution in [3.63, 3.8) is 0 Å². The van der Waals surface area contributed by atoms with E-state index < -0.39 is 11.6 Å². The number of amides is 2. The van der Waals surface area contributed by atoms with Crippen LogP contribution in [0.15, 0.2) is 17.5 Å². The maximum Gasteiger partial charge on any atom is 0.261 e. The Morgan fingerprint density at radius 2 is 2.24 bits per heavy atom. The molecule has 1 aliphatic heterocycles. The number of carbonyl (C=O) groups is 2. The van der Waals surface area contributed by atoms with E-state index in [2.05, 4.69) is 5.32 Å². The van der Waals surface area contributed by atoms with Crippen LogP contribution >= 0.6 is 11.3 Å². The summed E-state index contributed by atoms with van der Waals surface area (Å²) in [5.74, 6) is -0.366. The Kier molecular flexibility index (Phi) is 4.68. The molecule has 1 aromatic heterocycles. The van der Waals surface area contributed by atoms with Crippen LogP contribution in [0.2, 0.25) is 0 Å². The van der Waals surface area contributed by atoms with Gasteiger partial charge in [0.15, 0.2) is 0 Å². The van der Waals surface area contributed by atoms with Gasteiger partial charge in [-0.15, -0.1) is 11.3 Å². The topological polar surface area (TPSA) is 69.6 Å². The molecule has 2 atom stereocenters. The zero-order valence-corrected chi connectivity index (χ0v) is 13.4. The average molecular weight is 310 g/mol. The molecule has 0 aromatic carbocycles. The van der Waals surface area contributed by atoms with Gasteiger partial charge >= 0.3 is 0 Å². The monoisotopic (exact) mass is 310 g/mol. The minimum Gasteiger partial charge on any atom is -0.388 e. The number of likely N-dealkylation sites (tertiary alicyclic amines) is 1. The van der Waals surface area contributed by atoms with Gasteiger partial charge in [-0.2, -0.15) is 0 Å². The maximum atomic E-state index is 12.5. The summed E-state index contributed by atoms with van der Waals surface area (Å²) < 4.78 is 0. The molecule has 5 nitrogen and oxygen atoms in total. The van der Waals surface area contributed by atoms with E-state index in [-0.39, 0.29) is 17.9 Å². The van der Waals surface area contributed by atoms with Crippen LogP contribution in [0.25, 0.3) is 0 Å². The van der Waals surface area contributed by atoms with Crippen LogP contribution in [0.1, 0.15) is 43.3 Å². The molecule has 21 heavy (non-hydrogen) atoms. The van der Waals surface area contributed by atoms with E-state index in [1.807, 2.05) is 5.38 Å². The minimum atomic E-state index is -0.927. The number of aliphatic hydroxyl groups is 1. The van der Waals surface area contributed by atoms with Crippen molar-refractivity contribution in [2.45, 2.75) is 51.3 Å². The van der Waals surface area contributed by atoms with Gasteiger partial charge in [-0.3, -0.25) is 9.59 Å². The molecule has 2 heterocycles. The molecule has 2 N–H and O–H groups in total. The third kappa shape index (κ3) is 3.63. The number of carbonyl (C=O) groups excluding carboxylic acids is 2. The van der Waals surface area contributed by atoms with Crippen LogP contribution in [-0.2, 0) is 4.79 Å². The Labute approximate surface area is 129 Å². The first-order chi connectivity index (χ1) is 9.80. The van der Waals surface area contributed by atoms with Crippen LogP contribution in [-0.4, -0.2) is 46.1 Å². The van der Waals surface area contributed by atoms with Gasteiger partial charge in [0.25, 0.3) is 5.91 Å². The van der Waals surface area contributed by atoms with Crippen molar-refractivity contribution in [3.8, 4) is 0 Å². The molecular weight excluding hydrogens is 288 g/mol. The molecule has 2 unspecified atom stereocenters.